The van der Waals surface area contributed by atoms with Crippen LogP contribution < -0.4 is 19.7 Å². The van der Waals surface area contributed by atoms with Crippen molar-refractivity contribution in [2.24, 2.45) is 11.3 Å². The molecule has 14 nitrogen and oxygen atoms in total. The molecular formula is C45H48ClN7O7S. The predicted octanol–water partition coefficient (Wildman–Crippen LogP) is 7.98. The number of carbonyl (C=O) groups is 1. The minimum absolute atomic E-state index is 0.0940. The number of fused-ring (bicyclic) bond motifs is 1. The third-order valence-corrected chi connectivity index (χ3v) is 13.7. The number of rotatable bonds is 13. The topological polar surface area (TPSA) is 164 Å². The van der Waals surface area contributed by atoms with Crippen LogP contribution in [0.25, 0.3) is 16.6 Å². The Bertz CT molecular complexity index is 2480. The number of H-pyrrole nitrogens is 1. The molecule has 1 atom stereocenters. The van der Waals surface area contributed by atoms with Gasteiger partial charge in [-0.2, -0.15) is 0 Å². The number of ether oxygens (including phenoxy) is 3. The van der Waals surface area contributed by atoms with E-state index in [1.165, 1.54) is 34.9 Å². The summed E-state index contributed by atoms with van der Waals surface area (Å²) in [6.45, 7) is 7.70. The van der Waals surface area contributed by atoms with Crippen LogP contribution in [0.5, 0.6) is 11.5 Å². The molecule has 16 heteroatoms. The van der Waals surface area contributed by atoms with Gasteiger partial charge in [0.1, 0.15) is 22.8 Å². The van der Waals surface area contributed by atoms with E-state index in [1.54, 1.807) is 18.5 Å². The third-order valence-electron chi connectivity index (χ3n) is 12.4. The van der Waals surface area contributed by atoms with E-state index in [1.807, 2.05) is 36.4 Å². The first-order chi connectivity index (χ1) is 29.7. The number of nitro groups is 1. The highest BCUT2D eigenvalue weighted by atomic mass is 35.5. The summed E-state index contributed by atoms with van der Waals surface area (Å²) < 4.78 is 33.6. The average molecular weight is 866 g/mol. The Morgan fingerprint density at radius 2 is 1.82 bits per heavy atom. The first kappa shape index (κ1) is 41.1. The Morgan fingerprint density at radius 1 is 1.02 bits per heavy atom. The summed E-state index contributed by atoms with van der Waals surface area (Å²) in [5.41, 5.74) is 6.24. The number of anilines is 2. The molecule has 3 saturated heterocycles. The van der Waals surface area contributed by atoms with Crippen molar-refractivity contribution in [1.82, 2.24) is 19.6 Å². The monoisotopic (exact) mass is 865 g/mol. The van der Waals surface area contributed by atoms with Gasteiger partial charge >= 0.3 is 0 Å². The summed E-state index contributed by atoms with van der Waals surface area (Å²) in [6, 6.07) is 21.6. The molecule has 3 fully saturated rings. The minimum atomic E-state index is -2.11. The summed E-state index contributed by atoms with van der Waals surface area (Å²) in [4.78, 5) is 37.9. The van der Waals surface area contributed by atoms with Crippen molar-refractivity contribution < 1.29 is 28.1 Å². The SMILES string of the molecule is O=C(NS(=O)c1ccc(NCC2CCOCC2)c([N+](=O)[O-])c1)c1ccc(N2CCN(CC3=C(c4ccc(Cl)cc4)CC4(CC3)COC4)CC2)cc1Oc1cnc2[nH]ccc2c1. The van der Waals surface area contributed by atoms with Crippen LogP contribution in [0.2, 0.25) is 5.02 Å². The van der Waals surface area contributed by atoms with Gasteiger partial charge in [0.15, 0.2) is 11.0 Å². The van der Waals surface area contributed by atoms with Crippen molar-refractivity contribution in [3.05, 3.63) is 117 Å². The van der Waals surface area contributed by atoms with Crippen molar-refractivity contribution in [2.75, 3.05) is 75.9 Å². The number of nitrogens with one attached hydrogen (secondary N) is 3. The lowest BCUT2D eigenvalue weighted by Gasteiger charge is -2.46. The second kappa shape index (κ2) is 18.0. The van der Waals surface area contributed by atoms with Gasteiger partial charge in [-0.3, -0.25) is 24.5 Å². The van der Waals surface area contributed by atoms with Crippen molar-refractivity contribution in [3.63, 3.8) is 0 Å². The summed E-state index contributed by atoms with van der Waals surface area (Å²) >= 11 is 6.26. The second-order valence-corrected chi connectivity index (χ2v) is 18.1. The quantitative estimate of drug-likeness (QED) is 0.0777. The maximum atomic E-state index is 13.9. The molecule has 3 aromatic carbocycles. The van der Waals surface area contributed by atoms with E-state index in [0.717, 1.165) is 94.1 Å². The number of amides is 1. The van der Waals surface area contributed by atoms with E-state index in [2.05, 4.69) is 41.9 Å². The molecule has 0 saturated carbocycles. The standard InChI is InChI=1S/C45H48ClN7O7S/c46-34-3-1-31(2-4-34)39-24-45(28-59-29-45)13-9-33(39)27-51-15-17-52(18-16-51)35-5-7-38(42(22-35)60-36-21-32-10-14-47-43(32)49-26-36)44(54)50-61(57)37-6-8-40(41(23-37)53(55)56)48-25-30-11-19-58-20-12-30/h1-8,10,14,21-23,26,30,48H,9,11-13,15-20,24-25,27-29H2,(H,47,49)(H,50,54). The van der Waals surface area contributed by atoms with Crippen LogP contribution in [0.1, 0.15) is 48.0 Å². The Morgan fingerprint density at radius 3 is 2.57 bits per heavy atom. The molecule has 318 valence electrons. The highest BCUT2D eigenvalue weighted by Crippen LogP contribution is 2.48. The molecule has 5 aromatic rings. The molecule has 3 aliphatic heterocycles. The van der Waals surface area contributed by atoms with Gasteiger partial charge in [0.25, 0.3) is 11.6 Å². The molecule has 0 radical (unpaired) electrons. The fourth-order valence-electron chi connectivity index (χ4n) is 8.77. The van der Waals surface area contributed by atoms with Gasteiger partial charge in [-0.05, 0) is 97.7 Å². The van der Waals surface area contributed by atoms with Crippen molar-refractivity contribution in [2.45, 2.75) is 37.0 Å². The molecule has 1 unspecified atom stereocenters. The van der Waals surface area contributed by atoms with Crippen LogP contribution in [-0.4, -0.2) is 95.6 Å². The van der Waals surface area contributed by atoms with Crippen LogP contribution in [0.4, 0.5) is 17.1 Å². The number of aromatic amines is 1. The van der Waals surface area contributed by atoms with Gasteiger partial charge in [0, 0.05) is 92.3 Å². The Kier molecular flexibility index (Phi) is 12.1. The number of carbonyl (C=O) groups excluding carboxylic acids is 1. The van der Waals surface area contributed by atoms with Crippen LogP contribution >= 0.6 is 11.6 Å². The second-order valence-electron chi connectivity index (χ2n) is 16.5. The lowest BCUT2D eigenvalue weighted by atomic mass is 9.69. The summed E-state index contributed by atoms with van der Waals surface area (Å²) in [5.74, 6) is 0.372. The number of nitrogens with zero attached hydrogens (tertiary/aromatic N) is 4. The molecule has 61 heavy (non-hydrogen) atoms. The first-order valence-electron chi connectivity index (χ1n) is 20.8. The van der Waals surface area contributed by atoms with E-state index >= 15 is 0 Å². The highest BCUT2D eigenvalue weighted by Gasteiger charge is 2.42. The van der Waals surface area contributed by atoms with Gasteiger partial charge in [0.05, 0.1) is 34.8 Å². The zero-order chi connectivity index (χ0) is 41.9. The molecule has 0 bridgehead atoms. The van der Waals surface area contributed by atoms with E-state index in [-0.39, 0.29) is 27.3 Å². The van der Waals surface area contributed by atoms with Gasteiger partial charge in [-0.1, -0.05) is 29.3 Å². The number of benzene rings is 3. The number of hydrogen-bond acceptors (Lipinski definition) is 11. The Balaban J connectivity index is 0.910. The Labute approximate surface area is 361 Å². The zero-order valence-corrected chi connectivity index (χ0v) is 35.3. The molecule has 1 spiro atoms. The Hall–Kier alpha value is -5.32. The number of allylic oxidation sites excluding steroid dienone is 1. The lowest BCUT2D eigenvalue weighted by molar-refractivity contribution is -0.384. The van der Waals surface area contributed by atoms with E-state index in [4.69, 9.17) is 25.8 Å². The van der Waals surface area contributed by atoms with Crippen LogP contribution in [0, 0.1) is 21.4 Å². The van der Waals surface area contributed by atoms with Crippen LogP contribution in [0.3, 0.4) is 0 Å². The summed E-state index contributed by atoms with van der Waals surface area (Å²) in [5, 5.41) is 16.8. The third kappa shape index (κ3) is 9.31. The number of nitro benzene ring substituents is 1. The summed E-state index contributed by atoms with van der Waals surface area (Å²) in [6.07, 6.45) is 8.33. The first-order valence-corrected chi connectivity index (χ1v) is 22.3. The summed E-state index contributed by atoms with van der Waals surface area (Å²) in [7, 11) is -2.11. The van der Waals surface area contributed by atoms with Crippen LogP contribution in [-0.2, 0) is 20.5 Å². The molecular weight excluding hydrogens is 818 g/mol. The van der Waals surface area contributed by atoms with Gasteiger partial charge in [-0.15, -0.1) is 0 Å². The van der Waals surface area contributed by atoms with Gasteiger partial charge in [-0.25, -0.2) is 9.19 Å². The highest BCUT2D eigenvalue weighted by molar-refractivity contribution is 7.83. The molecule has 3 N–H and O–H groups in total. The van der Waals surface area contributed by atoms with Gasteiger partial charge < -0.3 is 29.4 Å². The van der Waals surface area contributed by atoms with Crippen molar-refractivity contribution in [1.29, 1.82) is 0 Å². The molecule has 4 aliphatic rings. The molecule has 2 aromatic heterocycles. The van der Waals surface area contributed by atoms with E-state index in [9.17, 15) is 19.1 Å². The average Bonchev–Trinajstić information content (AvgIpc) is 3.74. The zero-order valence-electron chi connectivity index (χ0n) is 33.7. The number of hydrogen-bond donors (Lipinski definition) is 3. The normalized spacial score (nSPS) is 18.8. The molecule has 1 aliphatic carbocycles. The van der Waals surface area contributed by atoms with E-state index < -0.39 is 21.8 Å². The lowest BCUT2D eigenvalue weighted by Crippen LogP contribution is -2.48. The fourth-order valence-corrected chi connectivity index (χ4v) is 9.70. The molecule has 1 amide bonds. The van der Waals surface area contributed by atoms with Crippen LogP contribution in [0.15, 0.2) is 95.7 Å². The van der Waals surface area contributed by atoms with Crippen molar-refractivity contribution >= 4 is 62.2 Å². The predicted molar refractivity (Wildman–Crippen MR) is 236 cm³/mol. The van der Waals surface area contributed by atoms with E-state index in [0.29, 0.717) is 42.8 Å². The largest absolute Gasteiger partial charge is 0.455 e. The maximum Gasteiger partial charge on any atom is 0.293 e. The number of piperazine rings is 1. The number of halogens is 1. The maximum absolute atomic E-state index is 13.9. The van der Waals surface area contributed by atoms with Gasteiger partial charge in [0.2, 0.25) is 0 Å². The fraction of sp³-hybridized carbons (Fsp3) is 0.378. The number of pyridine rings is 1. The number of aromatic nitrogens is 2. The molecule has 5 heterocycles. The van der Waals surface area contributed by atoms with Crippen molar-refractivity contribution in [3.8, 4) is 11.5 Å². The smallest absolute Gasteiger partial charge is 0.293 e. The minimum Gasteiger partial charge on any atom is -0.455 e. The molecule has 9 rings (SSSR count).